The Morgan fingerprint density at radius 2 is 2.05 bits per heavy atom. The third kappa shape index (κ3) is 6.06. The van der Waals surface area contributed by atoms with Gasteiger partial charge in [0, 0.05) is 21.5 Å². The minimum Gasteiger partial charge on any atom is -0.309 e. The Kier molecular flexibility index (Phi) is 7.04. The zero-order chi connectivity index (χ0) is 14.3. The maximum atomic E-state index is 11.5. The van der Waals surface area contributed by atoms with Crippen molar-refractivity contribution in [3.63, 3.8) is 0 Å². The van der Waals surface area contributed by atoms with E-state index in [1.54, 1.807) is 18.3 Å². The van der Waals surface area contributed by atoms with Gasteiger partial charge in [0.15, 0.2) is 0 Å². The van der Waals surface area contributed by atoms with Crippen LogP contribution in [0.1, 0.15) is 48.9 Å². The first-order chi connectivity index (χ1) is 8.98. The molecule has 1 aromatic heterocycles. The van der Waals surface area contributed by atoms with Crippen LogP contribution in [0.2, 0.25) is 0 Å². The summed E-state index contributed by atoms with van der Waals surface area (Å²) in [6.07, 6.45) is 2.71. The lowest BCUT2D eigenvalue weighted by Gasteiger charge is -2.17. The molecule has 1 rings (SSSR count). The molecule has 110 valence electrons. The van der Waals surface area contributed by atoms with Crippen molar-refractivity contribution in [1.82, 2.24) is 5.32 Å². The molecule has 1 heterocycles. The SMILES string of the molecule is CCCNC(CCCS(=O)(=O)CC)c1ccc(C)s1. The molecule has 3 nitrogen and oxygen atoms in total. The van der Waals surface area contributed by atoms with Gasteiger partial charge >= 0.3 is 0 Å². The second kappa shape index (κ2) is 8.02. The van der Waals surface area contributed by atoms with Crippen molar-refractivity contribution in [2.75, 3.05) is 18.1 Å². The van der Waals surface area contributed by atoms with Gasteiger partial charge in [-0.1, -0.05) is 13.8 Å². The second-order valence-electron chi connectivity index (χ2n) is 4.83. The molecule has 5 heteroatoms. The Labute approximate surface area is 121 Å². The largest absolute Gasteiger partial charge is 0.309 e. The van der Waals surface area contributed by atoms with Gasteiger partial charge in [-0.15, -0.1) is 11.3 Å². The third-order valence-electron chi connectivity index (χ3n) is 3.13. The molecule has 1 aromatic rings. The number of hydrogen-bond donors (Lipinski definition) is 1. The fraction of sp³-hybridized carbons (Fsp3) is 0.714. The highest BCUT2D eigenvalue weighted by atomic mass is 32.2. The summed E-state index contributed by atoms with van der Waals surface area (Å²) < 4.78 is 23.0. The fourth-order valence-electron chi connectivity index (χ4n) is 1.96. The predicted molar refractivity (Wildman–Crippen MR) is 83.7 cm³/mol. The van der Waals surface area contributed by atoms with Crippen molar-refractivity contribution < 1.29 is 8.42 Å². The molecule has 0 aliphatic heterocycles. The van der Waals surface area contributed by atoms with E-state index in [-0.39, 0.29) is 5.75 Å². The van der Waals surface area contributed by atoms with Crippen LogP contribution >= 0.6 is 11.3 Å². The Morgan fingerprint density at radius 1 is 1.32 bits per heavy atom. The van der Waals surface area contributed by atoms with Crippen molar-refractivity contribution in [1.29, 1.82) is 0 Å². The van der Waals surface area contributed by atoms with Crippen LogP contribution in [0, 0.1) is 6.92 Å². The average molecular weight is 303 g/mol. The van der Waals surface area contributed by atoms with Crippen molar-refractivity contribution in [2.45, 2.75) is 46.1 Å². The zero-order valence-electron chi connectivity index (χ0n) is 12.1. The smallest absolute Gasteiger partial charge is 0.150 e. The van der Waals surface area contributed by atoms with E-state index >= 15 is 0 Å². The topological polar surface area (TPSA) is 46.2 Å². The average Bonchev–Trinajstić information content (AvgIpc) is 2.80. The van der Waals surface area contributed by atoms with Crippen LogP contribution in [0.4, 0.5) is 0 Å². The zero-order valence-corrected chi connectivity index (χ0v) is 13.7. The molecule has 0 saturated carbocycles. The van der Waals surface area contributed by atoms with Crippen LogP contribution < -0.4 is 5.32 Å². The number of rotatable bonds is 9. The summed E-state index contributed by atoms with van der Waals surface area (Å²) in [7, 11) is -2.84. The van der Waals surface area contributed by atoms with E-state index in [2.05, 4.69) is 31.3 Å². The highest BCUT2D eigenvalue weighted by Crippen LogP contribution is 2.26. The van der Waals surface area contributed by atoms with Gasteiger partial charge in [-0.2, -0.15) is 0 Å². The molecule has 1 unspecified atom stereocenters. The summed E-state index contributed by atoms with van der Waals surface area (Å²) in [6, 6.07) is 4.58. The first kappa shape index (κ1) is 16.7. The Hall–Kier alpha value is -0.390. The lowest BCUT2D eigenvalue weighted by atomic mass is 10.1. The fourth-order valence-corrected chi connectivity index (χ4v) is 3.84. The number of nitrogens with one attached hydrogen (secondary N) is 1. The summed E-state index contributed by atoms with van der Waals surface area (Å²) in [5.74, 6) is 0.552. The molecular formula is C14H25NO2S2. The highest BCUT2D eigenvalue weighted by molar-refractivity contribution is 7.91. The minimum atomic E-state index is -2.84. The van der Waals surface area contributed by atoms with Gasteiger partial charge < -0.3 is 5.32 Å². The van der Waals surface area contributed by atoms with E-state index in [0.717, 1.165) is 25.8 Å². The molecular weight excluding hydrogens is 278 g/mol. The monoisotopic (exact) mass is 303 g/mol. The van der Waals surface area contributed by atoms with Crippen LogP contribution in [0.25, 0.3) is 0 Å². The van der Waals surface area contributed by atoms with E-state index in [4.69, 9.17) is 0 Å². The van der Waals surface area contributed by atoms with E-state index in [9.17, 15) is 8.42 Å². The number of hydrogen-bond acceptors (Lipinski definition) is 4. The minimum absolute atomic E-state index is 0.248. The first-order valence-electron chi connectivity index (χ1n) is 6.98. The Bertz CT molecular complexity index is 466. The molecule has 0 bridgehead atoms. The summed E-state index contributed by atoms with van der Waals surface area (Å²) in [5, 5.41) is 3.52. The van der Waals surface area contributed by atoms with Gasteiger partial charge in [0.2, 0.25) is 0 Å². The second-order valence-corrected chi connectivity index (χ2v) is 8.63. The van der Waals surface area contributed by atoms with Gasteiger partial charge in [-0.05, 0) is 44.9 Å². The predicted octanol–water partition coefficient (Wildman–Crippen LogP) is 3.31. The lowest BCUT2D eigenvalue weighted by Crippen LogP contribution is -2.22. The maximum Gasteiger partial charge on any atom is 0.150 e. The molecule has 1 atom stereocenters. The summed E-state index contributed by atoms with van der Waals surface area (Å²) in [6.45, 7) is 6.94. The normalized spacial score (nSPS) is 13.6. The third-order valence-corrected chi connectivity index (χ3v) is 6.04. The van der Waals surface area contributed by atoms with Crippen molar-refractivity contribution in [3.05, 3.63) is 21.9 Å². The van der Waals surface area contributed by atoms with Gasteiger partial charge in [-0.25, -0.2) is 8.42 Å². The molecule has 19 heavy (non-hydrogen) atoms. The van der Waals surface area contributed by atoms with E-state index in [1.807, 2.05) is 0 Å². The van der Waals surface area contributed by atoms with E-state index in [0.29, 0.717) is 11.8 Å². The van der Waals surface area contributed by atoms with Crippen molar-refractivity contribution in [2.24, 2.45) is 0 Å². The van der Waals surface area contributed by atoms with Crippen LogP contribution in [-0.2, 0) is 9.84 Å². The Morgan fingerprint density at radius 3 is 2.58 bits per heavy atom. The van der Waals surface area contributed by atoms with Gasteiger partial charge in [0.1, 0.15) is 9.84 Å². The number of sulfone groups is 1. The molecule has 0 saturated heterocycles. The quantitative estimate of drug-likeness (QED) is 0.761. The van der Waals surface area contributed by atoms with Gasteiger partial charge in [-0.3, -0.25) is 0 Å². The van der Waals surface area contributed by atoms with Crippen molar-refractivity contribution in [3.8, 4) is 0 Å². The number of thiophene rings is 1. The lowest BCUT2D eigenvalue weighted by molar-refractivity contribution is 0.498. The van der Waals surface area contributed by atoms with Gasteiger partial charge in [0.05, 0.1) is 5.75 Å². The molecule has 0 aliphatic carbocycles. The summed E-state index contributed by atoms with van der Waals surface area (Å²) in [5.41, 5.74) is 0. The van der Waals surface area contributed by atoms with Crippen molar-refractivity contribution >= 4 is 21.2 Å². The highest BCUT2D eigenvalue weighted by Gasteiger charge is 2.14. The van der Waals surface area contributed by atoms with Crippen LogP contribution in [0.3, 0.4) is 0 Å². The molecule has 0 aliphatic rings. The van der Waals surface area contributed by atoms with Crippen LogP contribution in [0.5, 0.6) is 0 Å². The van der Waals surface area contributed by atoms with Crippen LogP contribution in [0.15, 0.2) is 12.1 Å². The number of aryl methyl sites for hydroxylation is 1. The maximum absolute atomic E-state index is 11.5. The molecule has 1 N–H and O–H groups in total. The molecule has 0 fully saturated rings. The van der Waals surface area contributed by atoms with E-state index < -0.39 is 9.84 Å². The standard InChI is InChI=1S/C14H25NO2S2/c1-4-10-15-13(14-9-8-12(3)18-14)7-6-11-19(16,17)5-2/h8-9,13,15H,4-7,10-11H2,1-3H3. The summed E-state index contributed by atoms with van der Waals surface area (Å²) >= 11 is 1.80. The molecule has 0 aromatic carbocycles. The van der Waals surface area contributed by atoms with Gasteiger partial charge in [0.25, 0.3) is 0 Å². The van der Waals surface area contributed by atoms with Crippen LogP contribution in [-0.4, -0.2) is 26.5 Å². The Balaban J connectivity index is 2.55. The molecule has 0 spiro atoms. The van der Waals surface area contributed by atoms with E-state index in [1.165, 1.54) is 9.75 Å². The molecule has 0 radical (unpaired) electrons. The first-order valence-corrected chi connectivity index (χ1v) is 9.62. The molecule has 0 amide bonds. The summed E-state index contributed by atoms with van der Waals surface area (Å²) in [4.78, 5) is 2.62.